The van der Waals surface area contributed by atoms with Gasteiger partial charge in [-0.15, -0.1) is 16.6 Å². The lowest BCUT2D eigenvalue weighted by Crippen LogP contribution is -2.13. The molecule has 0 amide bonds. The Morgan fingerprint density at radius 1 is 1.56 bits per heavy atom. The average Bonchev–Trinajstić information content (AvgIpc) is 3.03. The van der Waals surface area contributed by atoms with E-state index in [9.17, 15) is 0 Å². The number of ether oxygens (including phenoxy) is 1. The quantitative estimate of drug-likeness (QED) is 0.651. The van der Waals surface area contributed by atoms with Crippen molar-refractivity contribution < 1.29 is 4.74 Å². The van der Waals surface area contributed by atoms with E-state index in [0.29, 0.717) is 13.1 Å². The van der Waals surface area contributed by atoms with E-state index < -0.39 is 0 Å². The SMILES string of the molecule is C#CCNCc1nn2c(C3CCCO3)nnc2s1. The maximum absolute atomic E-state index is 5.61. The Bertz CT molecular complexity index is 578. The van der Waals surface area contributed by atoms with E-state index in [2.05, 4.69) is 26.5 Å². The van der Waals surface area contributed by atoms with Crippen LogP contribution in [0.4, 0.5) is 0 Å². The Morgan fingerprint density at radius 3 is 3.28 bits per heavy atom. The van der Waals surface area contributed by atoms with Gasteiger partial charge in [0, 0.05) is 6.61 Å². The molecule has 0 bridgehead atoms. The molecule has 3 heterocycles. The number of nitrogens with zero attached hydrogens (tertiary/aromatic N) is 4. The van der Waals surface area contributed by atoms with E-state index in [0.717, 1.165) is 35.2 Å². The van der Waals surface area contributed by atoms with Crippen molar-refractivity contribution in [1.29, 1.82) is 0 Å². The normalized spacial score (nSPS) is 19.4. The minimum atomic E-state index is 0.0358. The van der Waals surface area contributed by atoms with Gasteiger partial charge in [0.05, 0.1) is 13.1 Å². The maximum Gasteiger partial charge on any atom is 0.234 e. The van der Waals surface area contributed by atoms with Gasteiger partial charge < -0.3 is 4.74 Å². The second kappa shape index (κ2) is 5.02. The summed E-state index contributed by atoms with van der Waals surface area (Å²) in [6, 6.07) is 0. The summed E-state index contributed by atoms with van der Waals surface area (Å²) in [7, 11) is 0. The Balaban J connectivity index is 1.81. The Kier molecular flexibility index (Phi) is 3.23. The molecule has 2 aromatic rings. The van der Waals surface area contributed by atoms with E-state index in [1.54, 1.807) is 4.52 Å². The van der Waals surface area contributed by atoms with Crippen molar-refractivity contribution in [3.05, 3.63) is 10.8 Å². The summed E-state index contributed by atoms with van der Waals surface area (Å²) in [6.45, 7) is 1.99. The predicted octanol–water partition coefficient (Wildman–Crippen LogP) is 0.760. The van der Waals surface area contributed by atoms with E-state index in [-0.39, 0.29) is 6.10 Å². The molecule has 1 fully saturated rings. The van der Waals surface area contributed by atoms with Crippen molar-refractivity contribution in [3.63, 3.8) is 0 Å². The zero-order valence-corrected chi connectivity index (χ0v) is 10.6. The number of rotatable bonds is 4. The van der Waals surface area contributed by atoms with Crippen LogP contribution in [0.1, 0.15) is 29.8 Å². The summed E-state index contributed by atoms with van der Waals surface area (Å²) in [4.78, 5) is 0.804. The molecule has 0 spiro atoms. The van der Waals surface area contributed by atoms with Gasteiger partial charge in [-0.25, -0.2) is 0 Å². The van der Waals surface area contributed by atoms with Gasteiger partial charge in [0.25, 0.3) is 0 Å². The van der Waals surface area contributed by atoms with Crippen LogP contribution in [0.5, 0.6) is 0 Å². The number of hydrogen-bond acceptors (Lipinski definition) is 6. The third-order valence-electron chi connectivity index (χ3n) is 2.78. The molecule has 7 heteroatoms. The van der Waals surface area contributed by atoms with Crippen LogP contribution in [-0.4, -0.2) is 33.0 Å². The Hall–Kier alpha value is -1.49. The molecule has 0 aliphatic carbocycles. The van der Waals surface area contributed by atoms with E-state index in [1.165, 1.54) is 11.3 Å². The summed E-state index contributed by atoms with van der Waals surface area (Å²) in [6.07, 6.45) is 7.28. The highest BCUT2D eigenvalue weighted by Crippen LogP contribution is 2.28. The molecule has 2 aromatic heterocycles. The molecule has 1 saturated heterocycles. The highest BCUT2D eigenvalue weighted by atomic mass is 32.1. The van der Waals surface area contributed by atoms with Gasteiger partial charge in [-0.2, -0.15) is 9.61 Å². The monoisotopic (exact) mass is 263 g/mol. The Morgan fingerprint density at radius 2 is 2.50 bits per heavy atom. The van der Waals surface area contributed by atoms with Crippen LogP contribution in [0.2, 0.25) is 0 Å². The van der Waals surface area contributed by atoms with Gasteiger partial charge in [-0.3, -0.25) is 5.32 Å². The van der Waals surface area contributed by atoms with E-state index in [4.69, 9.17) is 11.2 Å². The van der Waals surface area contributed by atoms with Gasteiger partial charge in [0.2, 0.25) is 4.96 Å². The molecule has 0 radical (unpaired) electrons. The first-order valence-corrected chi connectivity index (χ1v) is 6.67. The first-order valence-electron chi connectivity index (χ1n) is 5.85. The molecule has 1 aliphatic heterocycles. The van der Waals surface area contributed by atoms with Crippen molar-refractivity contribution >= 4 is 16.3 Å². The topological polar surface area (TPSA) is 64.3 Å². The van der Waals surface area contributed by atoms with Crippen LogP contribution in [0.25, 0.3) is 4.96 Å². The highest BCUT2D eigenvalue weighted by molar-refractivity contribution is 7.16. The molecule has 3 rings (SSSR count). The van der Waals surface area contributed by atoms with Crippen LogP contribution in [-0.2, 0) is 11.3 Å². The van der Waals surface area contributed by atoms with E-state index >= 15 is 0 Å². The number of hydrogen-bond donors (Lipinski definition) is 1. The summed E-state index contributed by atoms with van der Waals surface area (Å²) in [5.74, 6) is 3.34. The number of nitrogens with one attached hydrogen (secondary N) is 1. The second-order valence-electron chi connectivity index (χ2n) is 4.06. The van der Waals surface area contributed by atoms with Gasteiger partial charge in [0.1, 0.15) is 11.1 Å². The fraction of sp³-hybridized carbons (Fsp3) is 0.545. The minimum absolute atomic E-state index is 0.0358. The molecule has 1 unspecified atom stereocenters. The molecule has 1 N–H and O–H groups in total. The van der Waals surface area contributed by atoms with Gasteiger partial charge >= 0.3 is 0 Å². The molecule has 1 aliphatic rings. The standard InChI is InChI=1S/C11H13N5OS/c1-2-5-12-7-9-15-16-10(8-4-3-6-17-8)13-14-11(16)18-9/h1,8,12H,3-7H2. The van der Waals surface area contributed by atoms with Crippen molar-refractivity contribution in [3.8, 4) is 12.3 Å². The summed E-state index contributed by atoms with van der Waals surface area (Å²) < 4.78 is 7.40. The minimum Gasteiger partial charge on any atom is -0.370 e. The second-order valence-corrected chi connectivity index (χ2v) is 5.10. The zero-order chi connectivity index (χ0) is 12.4. The predicted molar refractivity (Wildman–Crippen MR) is 67.1 cm³/mol. The average molecular weight is 263 g/mol. The molecule has 6 nitrogen and oxygen atoms in total. The lowest BCUT2D eigenvalue weighted by atomic mass is 10.2. The lowest BCUT2D eigenvalue weighted by Gasteiger charge is -2.04. The van der Waals surface area contributed by atoms with Crippen molar-refractivity contribution in [2.75, 3.05) is 13.2 Å². The van der Waals surface area contributed by atoms with E-state index in [1.807, 2.05) is 0 Å². The smallest absolute Gasteiger partial charge is 0.234 e. The van der Waals surface area contributed by atoms with Crippen molar-refractivity contribution in [2.24, 2.45) is 0 Å². The van der Waals surface area contributed by atoms with Crippen molar-refractivity contribution in [2.45, 2.75) is 25.5 Å². The molecule has 0 saturated carbocycles. The van der Waals surface area contributed by atoms with Gasteiger partial charge in [-0.1, -0.05) is 17.3 Å². The molecule has 0 aromatic carbocycles. The third kappa shape index (κ3) is 2.10. The third-order valence-corrected chi connectivity index (χ3v) is 3.68. The lowest BCUT2D eigenvalue weighted by molar-refractivity contribution is 0.103. The summed E-state index contributed by atoms with van der Waals surface area (Å²) in [5, 5.41) is 16.8. The summed E-state index contributed by atoms with van der Waals surface area (Å²) in [5.41, 5.74) is 0. The Labute approximate surface area is 108 Å². The number of fused-ring (bicyclic) bond motifs is 1. The molecular formula is C11H13N5OS. The number of aromatic nitrogens is 4. The van der Waals surface area contributed by atoms with Crippen LogP contribution in [0.15, 0.2) is 0 Å². The largest absolute Gasteiger partial charge is 0.370 e. The number of terminal acetylenes is 1. The first kappa shape index (κ1) is 11.6. The van der Waals surface area contributed by atoms with Crippen molar-refractivity contribution in [1.82, 2.24) is 25.1 Å². The van der Waals surface area contributed by atoms with Gasteiger partial charge in [-0.05, 0) is 12.8 Å². The van der Waals surface area contributed by atoms with Gasteiger partial charge in [0.15, 0.2) is 5.82 Å². The first-order chi connectivity index (χ1) is 8.88. The fourth-order valence-electron chi connectivity index (χ4n) is 1.97. The zero-order valence-electron chi connectivity index (χ0n) is 9.80. The van der Waals surface area contributed by atoms with Crippen LogP contribution in [0, 0.1) is 12.3 Å². The molecule has 94 valence electrons. The highest BCUT2D eigenvalue weighted by Gasteiger charge is 2.24. The molecule has 1 atom stereocenters. The maximum atomic E-state index is 5.61. The van der Waals surface area contributed by atoms with Crippen LogP contribution < -0.4 is 5.32 Å². The van der Waals surface area contributed by atoms with Crippen LogP contribution in [0.3, 0.4) is 0 Å². The fourth-order valence-corrected chi connectivity index (χ4v) is 2.78. The van der Waals surface area contributed by atoms with Crippen LogP contribution >= 0.6 is 11.3 Å². The summed E-state index contributed by atoms with van der Waals surface area (Å²) >= 11 is 1.52. The molecular weight excluding hydrogens is 250 g/mol. The molecule has 18 heavy (non-hydrogen) atoms.